The summed E-state index contributed by atoms with van der Waals surface area (Å²) in [7, 11) is 0. The minimum atomic E-state index is 0.00478. The van der Waals surface area contributed by atoms with E-state index in [2.05, 4.69) is 306 Å². The Balaban J connectivity index is 0.894. The Kier molecular flexibility index (Phi) is 25.6. The summed E-state index contributed by atoms with van der Waals surface area (Å²) in [6, 6.07) is 91.5. The van der Waals surface area contributed by atoms with Crippen molar-refractivity contribution in [3.63, 3.8) is 0 Å². The smallest absolute Gasteiger partial charge is 0.0547 e. The molecule has 0 saturated heterocycles. The van der Waals surface area contributed by atoms with Gasteiger partial charge < -0.3 is 14.4 Å². The maximum Gasteiger partial charge on any atom is 0.0547 e. The zero-order valence-electron chi connectivity index (χ0n) is 65.2. The third-order valence-electron chi connectivity index (χ3n) is 23.3. The second-order valence-electron chi connectivity index (χ2n) is 31.0. The van der Waals surface area contributed by atoms with Crippen LogP contribution < -0.4 is 9.80 Å². The maximum atomic E-state index is 4.01. The minimum Gasteiger partial charge on any atom is -0.311 e. The van der Waals surface area contributed by atoms with Crippen LogP contribution in [0.5, 0.6) is 0 Å². The molecule has 0 spiro atoms. The van der Waals surface area contributed by atoms with E-state index in [-0.39, 0.29) is 5.41 Å². The van der Waals surface area contributed by atoms with Gasteiger partial charge in [-0.05, 0) is 246 Å². The summed E-state index contributed by atoms with van der Waals surface area (Å²) in [6.45, 7) is 20.1. The molecule has 0 amide bonds. The van der Waals surface area contributed by atoms with Crippen LogP contribution in [0.15, 0.2) is 243 Å². The highest BCUT2D eigenvalue weighted by molar-refractivity contribution is 6.12. The number of benzene rings is 11. The second-order valence-corrected chi connectivity index (χ2v) is 31.0. The molecule has 0 unspecified atom stereocenters. The van der Waals surface area contributed by atoms with E-state index in [0.29, 0.717) is 0 Å². The Bertz CT molecular complexity index is 4780. The molecule has 11 aromatic carbocycles. The molecule has 0 N–H and O–H groups in total. The Hall–Kier alpha value is -9.44. The Morgan fingerprint density at radius 3 is 1.25 bits per heavy atom. The monoisotopic (exact) mass is 1400 g/mol. The zero-order valence-corrected chi connectivity index (χ0v) is 65.2. The number of nitrogens with zero attached hydrogens (tertiary/aromatic N) is 3. The first-order valence-corrected chi connectivity index (χ1v) is 41.4. The van der Waals surface area contributed by atoms with Crippen molar-refractivity contribution >= 4 is 62.0 Å². The van der Waals surface area contributed by atoms with Gasteiger partial charge in [-0.15, -0.1) is 0 Å². The maximum absolute atomic E-state index is 4.01. The molecule has 0 radical (unpaired) electrons. The number of fused-ring (bicyclic) bond motifs is 6. The van der Waals surface area contributed by atoms with Gasteiger partial charge in [-0.3, -0.25) is 0 Å². The normalized spacial score (nSPS) is 12.3. The summed E-state index contributed by atoms with van der Waals surface area (Å²) >= 11 is 0. The van der Waals surface area contributed by atoms with Gasteiger partial charge in [0.25, 0.3) is 0 Å². The first-order chi connectivity index (χ1) is 52.1. The summed E-state index contributed by atoms with van der Waals surface area (Å²) < 4.78 is 2.73. The predicted octanol–water partition coefficient (Wildman–Crippen LogP) is 31.3. The van der Waals surface area contributed by atoms with Crippen LogP contribution in [0.1, 0.15) is 233 Å². The van der Waals surface area contributed by atoms with Gasteiger partial charge in [0.15, 0.2) is 0 Å². The van der Waals surface area contributed by atoms with E-state index < -0.39 is 0 Å². The van der Waals surface area contributed by atoms with Crippen LogP contribution in [0.2, 0.25) is 0 Å². The Labute approximate surface area is 637 Å². The molecule has 0 atom stereocenters. The first-order valence-electron chi connectivity index (χ1n) is 41.4. The Morgan fingerprint density at radius 1 is 0.321 bits per heavy atom. The van der Waals surface area contributed by atoms with Gasteiger partial charge in [0.2, 0.25) is 0 Å². The molecule has 1 aliphatic carbocycles. The molecule has 13 rings (SSSR count). The summed E-state index contributed by atoms with van der Waals surface area (Å²) in [5, 5.41) is 2.77. The molecule has 106 heavy (non-hydrogen) atoms. The fourth-order valence-electron chi connectivity index (χ4n) is 17.2. The van der Waals surface area contributed by atoms with Gasteiger partial charge in [0.1, 0.15) is 0 Å². The molecule has 3 heteroatoms. The standard InChI is InChI=1S/C103H117N3/c1-9-15-20-24-26-32-69-103(70-33-27-25-21-16-10-2)98-71-77(8)41-68-93(98)96-75-102-97(74-99(96)103)94-37-30-31-38-100(94)106(102)101-73-85(35-28-22-17-11-3)95(72-86(101)36-29-23-18-12-4)84-54-66-92(67-55-84)105(90-60-48-81(49-61-90)80-46-42-79(43-47-80)34-19-13-5)91-64-52-83(53-65-91)82-50-62-89(63-51-82)104(87-56-39-76(7)40-57-87)88-58-44-78(14-6)45-59-88/h14,30-31,37-68,71-75H,6,9-13,15-29,32-36,69-70H2,1-5,7-8H3. The Morgan fingerprint density at radius 2 is 0.745 bits per heavy atom. The zero-order chi connectivity index (χ0) is 73.2. The molecule has 0 saturated carbocycles. The van der Waals surface area contributed by atoms with Crippen molar-refractivity contribution in [2.75, 3.05) is 9.80 Å². The van der Waals surface area contributed by atoms with Crippen LogP contribution in [-0.2, 0) is 24.7 Å². The third-order valence-corrected chi connectivity index (χ3v) is 23.3. The van der Waals surface area contributed by atoms with Crippen molar-refractivity contribution < 1.29 is 0 Å². The van der Waals surface area contributed by atoms with Crippen molar-refractivity contribution in [2.24, 2.45) is 0 Å². The third kappa shape index (κ3) is 17.0. The average Bonchev–Trinajstić information content (AvgIpc) is 1.54. The molecule has 544 valence electrons. The fourth-order valence-corrected chi connectivity index (χ4v) is 17.2. The number of rotatable bonds is 38. The van der Waals surface area contributed by atoms with Gasteiger partial charge in [-0.25, -0.2) is 0 Å². The van der Waals surface area contributed by atoms with E-state index in [0.717, 1.165) is 71.8 Å². The van der Waals surface area contributed by atoms with Crippen LogP contribution in [0.3, 0.4) is 0 Å². The second kappa shape index (κ2) is 36.2. The summed E-state index contributed by atoms with van der Waals surface area (Å²) in [5.74, 6) is 0. The van der Waals surface area contributed by atoms with E-state index >= 15 is 0 Å². The number of anilines is 6. The average molecular weight is 1400 g/mol. The first kappa shape index (κ1) is 74.8. The SMILES string of the molecule is C=Cc1ccc(N(c2ccc(C)cc2)c2ccc(-c3ccc(N(c4ccc(-c5ccc(CCCC)cc5)cc4)c4ccc(-c5cc(CCCCCC)c(-n6c7ccccc7c7cc8c(cc76)-c6ccc(C)cc6C8(CCCCCCCC)CCCCCCCC)cc5CCCCCC)cc4)cc3)cc2)cc1. The predicted molar refractivity (Wildman–Crippen MR) is 463 cm³/mol. The van der Waals surface area contributed by atoms with Crippen LogP contribution in [0.4, 0.5) is 34.1 Å². The highest BCUT2D eigenvalue weighted by Gasteiger charge is 2.43. The van der Waals surface area contributed by atoms with Crippen molar-refractivity contribution in [1.82, 2.24) is 4.57 Å². The lowest BCUT2D eigenvalue weighted by Crippen LogP contribution is -2.25. The van der Waals surface area contributed by atoms with E-state index in [1.165, 1.54) is 241 Å². The molecule has 12 aromatic rings. The van der Waals surface area contributed by atoms with Crippen LogP contribution in [0.25, 0.3) is 78.1 Å². The lowest BCUT2D eigenvalue weighted by atomic mass is 9.70. The summed E-state index contributed by atoms with van der Waals surface area (Å²) in [5.41, 5.74) is 32.3. The molecule has 1 aromatic heterocycles. The van der Waals surface area contributed by atoms with E-state index in [4.69, 9.17) is 0 Å². The van der Waals surface area contributed by atoms with E-state index in [1.54, 1.807) is 11.1 Å². The molecular weight excluding hydrogens is 1280 g/mol. The molecule has 3 nitrogen and oxygen atoms in total. The van der Waals surface area contributed by atoms with E-state index in [1.807, 2.05) is 6.08 Å². The molecule has 1 aliphatic rings. The quantitative estimate of drug-likeness (QED) is 0.0357. The van der Waals surface area contributed by atoms with Crippen LogP contribution >= 0.6 is 0 Å². The van der Waals surface area contributed by atoms with Crippen molar-refractivity contribution in [2.45, 2.75) is 227 Å². The van der Waals surface area contributed by atoms with Crippen LogP contribution in [0, 0.1) is 13.8 Å². The number of unbranched alkanes of at least 4 members (excludes halogenated alkanes) is 17. The van der Waals surface area contributed by atoms with Crippen LogP contribution in [-0.4, -0.2) is 4.57 Å². The molecular formula is C103H117N3. The molecule has 0 aliphatic heterocycles. The van der Waals surface area contributed by atoms with Crippen molar-refractivity contribution in [1.29, 1.82) is 0 Å². The lowest BCUT2D eigenvalue weighted by Gasteiger charge is -2.33. The van der Waals surface area contributed by atoms with Gasteiger partial charge in [-0.2, -0.15) is 0 Å². The minimum absolute atomic E-state index is 0.00478. The fraction of sp³-hybridized carbons (Fsp3) is 0.340. The van der Waals surface area contributed by atoms with E-state index in [9.17, 15) is 0 Å². The number of hydrogen-bond donors (Lipinski definition) is 0. The van der Waals surface area contributed by atoms with Crippen molar-refractivity contribution in [3.8, 4) is 50.2 Å². The molecule has 1 heterocycles. The highest BCUT2D eigenvalue weighted by Crippen LogP contribution is 2.57. The lowest BCUT2D eigenvalue weighted by molar-refractivity contribution is 0.398. The molecule has 0 bridgehead atoms. The molecule has 0 fully saturated rings. The number of aromatic nitrogens is 1. The number of hydrogen-bond acceptors (Lipinski definition) is 2. The highest BCUT2D eigenvalue weighted by atomic mass is 15.1. The topological polar surface area (TPSA) is 11.4 Å². The largest absolute Gasteiger partial charge is 0.311 e. The van der Waals surface area contributed by atoms with Gasteiger partial charge in [0, 0.05) is 56.0 Å². The summed E-state index contributed by atoms with van der Waals surface area (Å²) in [6.07, 6.45) is 35.5. The van der Waals surface area contributed by atoms with Gasteiger partial charge >= 0.3 is 0 Å². The number of aryl methyl sites for hydroxylation is 5. The summed E-state index contributed by atoms with van der Waals surface area (Å²) in [4.78, 5) is 4.78. The van der Waals surface area contributed by atoms with Gasteiger partial charge in [0.05, 0.1) is 11.0 Å². The van der Waals surface area contributed by atoms with Crippen molar-refractivity contribution in [3.05, 3.63) is 288 Å². The van der Waals surface area contributed by atoms with Gasteiger partial charge in [-0.1, -0.05) is 314 Å². The number of para-hydroxylation sites is 1.